The van der Waals surface area contributed by atoms with Gasteiger partial charge < -0.3 is 10.0 Å². The van der Waals surface area contributed by atoms with E-state index in [1.54, 1.807) is 18.2 Å². The molecule has 4 aromatic rings. The number of aliphatic hydroxyl groups excluding tert-OH is 1. The first-order valence-electron chi connectivity index (χ1n) is 11.0. The van der Waals surface area contributed by atoms with Crippen LogP contribution in [0.5, 0.6) is 0 Å². The molecule has 34 heavy (non-hydrogen) atoms. The Labute approximate surface area is 196 Å². The van der Waals surface area contributed by atoms with E-state index in [-0.39, 0.29) is 23.7 Å². The second-order valence-corrected chi connectivity index (χ2v) is 8.49. The lowest BCUT2D eigenvalue weighted by Crippen LogP contribution is -2.29. The first-order chi connectivity index (χ1) is 16.4. The van der Waals surface area contributed by atoms with Crippen molar-refractivity contribution < 1.29 is 19.1 Å². The first kappa shape index (κ1) is 21.6. The van der Waals surface area contributed by atoms with Crippen LogP contribution >= 0.6 is 0 Å². The molecule has 5 rings (SSSR count). The minimum Gasteiger partial charge on any atom is -0.507 e. The van der Waals surface area contributed by atoms with Gasteiger partial charge in [0.1, 0.15) is 11.6 Å². The van der Waals surface area contributed by atoms with Crippen LogP contribution in [-0.4, -0.2) is 21.7 Å². The van der Waals surface area contributed by atoms with E-state index in [2.05, 4.69) is 0 Å². The topological polar surface area (TPSA) is 57.6 Å². The molecule has 0 aliphatic carbocycles. The molecule has 4 aromatic carbocycles. The highest BCUT2D eigenvalue weighted by Gasteiger charge is 2.46. The summed E-state index contributed by atoms with van der Waals surface area (Å²) in [6.45, 7) is 2.04. The summed E-state index contributed by atoms with van der Waals surface area (Å²) in [4.78, 5) is 28.0. The van der Waals surface area contributed by atoms with Gasteiger partial charge in [0.25, 0.3) is 11.7 Å². The number of amides is 1. The molecule has 1 heterocycles. The van der Waals surface area contributed by atoms with E-state index in [0.29, 0.717) is 11.1 Å². The molecule has 1 unspecified atom stereocenters. The van der Waals surface area contributed by atoms with Gasteiger partial charge in [-0.1, -0.05) is 84.4 Å². The van der Waals surface area contributed by atoms with Crippen molar-refractivity contribution in [2.45, 2.75) is 19.5 Å². The highest BCUT2D eigenvalue weighted by Crippen LogP contribution is 2.41. The molecule has 5 heteroatoms. The number of fused-ring (bicyclic) bond motifs is 1. The number of carbonyl (C=O) groups excluding carboxylic acids is 2. The third-order valence-electron chi connectivity index (χ3n) is 6.21. The maximum atomic E-state index is 13.4. The van der Waals surface area contributed by atoms with Crippen molar-refractivity contribution >= 4 is 28.2 Å². The predicted octanol–water partition coefficient (Wildman–Crippen LogP) is 5.91. The number of ketones is 1. The lowest BCUT2D eigenvalue weighted by atomic mass is 9.92. The fourth-order valence-electron chi connectivity index (χ4n) is 4.59. The normalized spacial score (nSPS) is 17.5. The minimum atomic E-state index is -0.774. The van der Waals surface area contributed by atoms with Crippen LogP contribution in [0.4, 0.5) is 4.39 Å². The highest BCUT2D eigenvalue weighted by molar-refractivity contribution is 6.46. The Balaban J connectivity index is 1.70. The summed E-state index contributed by atoms with van der Waals surface area (Å²) in [6.07, 6.45) is 0. The maximum Gasteiger partial charge on any atom is 0.295 e. The zero-order chi connectivity index (χ0) is 23.8. The summed E-state index contributed by atoms with van der Waals surface area (Å²) in [5.41, 5.74) is 2.92. The lowest BCUT2D eigenvalue weighted by molar-refractivity contribution is -0.140. The van der Waals surface area contributed by atoms with E-state index in [9.17, 15) is 19.1 Å². The Morgan fingerprint density at radius 3 is 2.38 bits per heavy atom. The number of halogens is 1. The molecular weight excluding hydrogens is 429 g/mol. The molecule has 168 valence electrons. The van der Waals surface area contributed by atoms with Gasteiger partial charge in [-0.15, -0.1) is 0 Å². The zero-order valence-corrected chi connectivity index (χ0v) is 18.5. The van der Waals surface area contributed by atoms with Crippen molar-refractivity contribution in [1.82, 2.24) is 4.90 Å². The molecule has 1 saturated heterocycles. The average molecular weight is 451 g/mol. The second kappa shape index (κ2) is 8.60. The Morgan fingerprint density at radius 1 is 0.912 bits per heavy atom. The molecule has 0 aromatic heterocycles. The van der Waals surface area contributed by atoms with Crippen molar-refractivity contribution in [2.75, 3.05) is 0 Å². The first-order valence-corrected chi connectivity index (χ1v) is 11.0. The van der Waals surface area contributed by atoms with Gasteiger partial charge in [-0.2, -0.15) is 0 Å². The van der Waals surface area contributed by atoms with Crippen LogP contribution in [0, 0.1) is 12.7 Å². The number of aliphatic hydroxyl groups is 1. The third kappa shape index (κ3) is 3.75. The lowest BCUT2D eigenvalue weighted by Gasteiger charge is -2.26. The van der Waals surface area contributed by atoms with Gasteiger partial charge in [0.2, 0.25) is 0 Å². The summed E-state index contributed by atoms with van der Waals surface area (Å²) < 4.78 is 13.4. The SMILES string of the molecule is Cc1cccc(C2/C(=C(/O)c3cccc4ccccc34)C(=O)C(=O)N2Cc2ccc(F)cc2)c1. The standard InChI is InChI=1S/C29H22FNO3/c1-18-6-4-9-21(16-18)26-25(27(32)24-11-5-8-20-7-2-3-10-23(20)24)28(33)29(34)31(26)17-19-12-14-22(30)15-13-19/h2-16,26,32H,17H2,1H3/b27-25-. The van der Waals surface area contributed by atoms with Crippen LogP contribution in [0.1, 0.15) is 28.3 Å². The number of benzene rings is 4. The maximum absolute atomic E-state index is 13.4. The van der Waals surface area contributed by atoms with Gasteiger partial charge in [-0.05, 0) is 41.0 Å². The molecule has 0 spiro atoms. The Bertz CT molecular complexity index is 1450. The molecule has 1 N–H and O–H groups in total. The van der Waals surface area contributed by atoms with Crippen LogP contribution in [-0.2, 0) is 16.1 Å². The van der Waals surface area contributed by atoms with Gasteiger partial charge >= 0.3 is 0 Å². The van der Waals surface area contributed by atoms with Crippen molar-refractivity contribution in [3.8, 4) is 0 Å². The summed E-state index contributed by atoms with van der Waals surface area (Å²) in [6, 6.07) is 25.7. The fraction of sp³-hybridized carbons (Fsp3) is 0.103. The van der Waals surface area contributed by atoms with E-state index in [1.165, 1.54) is 17.0 Å². The number of likely N-dealkylation sites (tertiary alicyclic amines) is 1. The molecule has 1 aliphatic rings. The number of carbonyl (C=O) groups is 2. The summed E-state index contributed by atoms with van der Waals surface area (Å²) >= 11 is 0. The van der Waals surface area contributed by atoms with Crippen molar-refractivity contribution in [1.29, 1.82) is 0 Å². The van der Waals surface area contributed by atoms with E-state index >= 15 is 0 Å². The Kier molecular flexibility index (Phi) is 5.46. The molecule has 0 saturated carbocycles. The van der Waals surface area contributed by atoms with Gasteiger partial charge in [-0.25, -0.2) is 4.39 Å². The quantitative estimate of drug-likeness (QED) is 0.238. The summed E-state index contributed by atoms with van der Waals surface area (Å²) in [5, 5.41) is 13.2. The number of aryl methyl sites for hydroxylation is 1. The van der Waals surface area contributed by atoms with Crippen LogP contribution in [0.2, 0.25) is 0 Å². The highest BCUT2D eigenvalue weighted by atomic mass is 19.1. The van der Waals surface area contributed by atoms with Crippen LogP contribution in [0.3, 0.4) is 0 Å². The van der Waals surface area contributed by atoms with Crippen LogP contribution in [0.15, 0.2) is 96.6 Å². The Hall–Kier alpha value is -4.25. The van der Waals surface area contributed by atoms with Crippen molar-refractivity contribution in [2.24, 2.45) is 0 Å². The number of Topliss-reactive ketones (excluding diaryl/α,β-unsaturated/α-hetero) is 1. The number of rotatable bonds is 4. The second-order valence-electron chi connectivity index (χ2n) is 8.49. The zero-order valence-electron chi connectivity index (χ0n) is 18.5. The minimum absolute atomic E-state index is 0.0501. The molecule has 4 nitrogen and oxygen atoms in total. The summed E-state index contributed by atoms with van der Waals surface area (Å²) in [5.74, 6) is -2.02. The van der Waals surface area contributed by atoms with E-state index in [1.807, 2.05) is 67.6 Å². The predicted molar refractivity (Wildman–Crippen MR) is 129 cm³/mol. The smallest absolute Gasteiger partial charge is 0.295 e. The van der Waals surface area contributed by atoms with E-state index in [0.717, 1.165) is 21.9 Å². The third-order valence-corrected chi connectivity index (χ3v) is 6.21. The monoisotopic (exact) mass is 451 g/mol. The largest absolute Gasteiger partial charge is 0.507 e. The fourth-order valence-corrected chi connectivity index (χ4v) is 4.59. The van der Waals surface area contributed by atoms with E-state index < -0.39 is 17.7 Å². The molecule has 1 atom stereocenters. The van der Waals surface area contributed by atoms with Gasteiger partial charge in [-0.3, -0.25) is 9.59 Å². The van der Waals surface area contributed by atoms with Gasteiger partial charge in [0.05, 0.1) is 11.6 Å². The van der Waals surface area contributed by atoms with Gasteiger partial charge in [0.15, 0.2) is 0 Å². The average Bonchev–Trinajstić information content (AvgIpc) is 3.09. The van der Waals surface area contributed by atoms with Gasteiger partial charge in [0, 0.05) is 12.1 Å². The number of nitrogens with zero attached hydrogens (tertiary/aromatic N) is 1. The number of hydrogen-bond donors (Lipinski definition) is 1. The molecule has 1 amide bonds. The summed E-state index contributed by atoms with van der Waals surface area (Å²) in [7, 11) is 0. The van der Waals surface area contributed by atoms with E-state index in [4.69, 9.17) is 0 Å². The molecule has 1 fully saturated rings. The molecule has 0 radical (unpaired) electrons. The van der Waals surface area contributed by atoms with Crippen LogP contribution in [0.25, 0.3) is 16.5 Å². The van der Waals surface area contributed by atoms with Crippen LogP contribution < -0.4 is 0 Å². The molecular formula is C29H22FNO3. The van der Waals surface area contributed by atoms with Crippen molar-refractivity contribution in [3.05, 3.63) is 125 Å². The van der Waals surface area contributed by atoms with Crippen molar-refractivity contribution in [3.63, 3.8) is 0 Å². The Morgan fingerprint density at radius 2 is 1.62 bits per heavy atom. The number of hydrogen-bond acceptors (Lipinski definition) is 3. The molecule has 1 aliphatic heterocycles. The molecule has 0 bridgehead atoms.